The molecule has 3 aromatic rings. The van der Waals surface area contributed by atoms with Crippen LogP contribution < -0.4 is 5.32 Å². The van der Waals surface area contributed by atoms with Crippen molar-refractivity contribution < 1.29 is 9.21 Å². The molecule has 0 saturated heterocycles. The van der Waals surface area contributed by atoms with E-state index in [1.54, 1.807) is 30.8 Å². The summed E-state index contributed by atoms with van der Waals surface area (Å²) in [6.07, 6.45) is 0. The molecule has 108 valence electrons. The van der Waals surface area contributed by atoms with Gasteiger partial charge in [-0.3, -0.25) is 9.48 Å². The molecule has 0 aliphatic rings. The lowest BCUT2D eigenvalue weighted by atomic mass is 10.2. The van der Waals surface area contributed by atoms with Crippen LogP contribution in [-0.4, -0.2) is 20.7 Å². The van der Waals surface area contributed by atoms with Gasteiger partial charge in [0.05, 0.1) is 11.4 Å². The first-order valence-electron chi connectivity index (χ1n) is 6.33. The number of oxazole rings is 1. The van der Waals surface area contributed by atoms with Gasteiger partial charge in [-0.25, -0.2) is 4.98 Å². The summed E-state index contributed by atoms with van der Waals surface area (Å²) < 4.78 is 7.92. The molecule has 7 heteroatoms. The van der Waals surface area contributed by atoms with Gasteiger partial charge in [-0.15, -0.1) is 0 Å². The number of fused-ring (bicyclic) bond motifs is 1. The van der Waals surface area contributed by atoms with Crippen molar-refractivity contribution in [2.75, 3.05) is 5.32 Å². The number of carbonyl (C=O) groups is 1. The number of hydrogen-bond acceptors (Lipinski definition) is 4. The molecule has 2 aromatic heterocycles. The number of hydrogen-bond donors (Lipinski definition) is 1. The van der Waals surface area contributed by atoms with Crippen LogP contribution in [0.1, 0.15) is 22.1 Å². The molecule has 0 atom stereocenters. The first-order chi connectivity index (χ1) is 9.94. The van der Waals surface area contributed by atoms with Crippen molar-refractivity contribution in [2.45, 2.75) is 13.8 Å². The highest BCUT2D eigenvalue weighted by Crippen LogP contribution is 2.29. The maximum atomic E-state index is 12.4. The predicted octanol–water partition coefficient (Wildman–Crippen LogP) is 3.19. The van der Waals surface area contributed by atoms with Gasteiger partial charge in [0.2, 0.25) is 0 Å². The van der Waals surface area contributed by atoms with Gasteiger partial charge in [-0.1, -0.05) is 15.9 Å². The van der Waals surface area contributed by atoms with Gasteiger partial charge in [0.25, 0.3) is 5.91 Å². The van der Waals surface area contributed by atoms with E-state index in [1.807, 2.05) is 13.0 Å². The highest BCUT2D eigenvalue weighted by Gasteiger charge is 2.16. The van der Waals surface area contributed by atoms with Gasteiger partial charge in [-0.2, -0.15) is 5.10 Å². The average Bonchev–Trinajstić information content (AvgIpc) is 2.91. The topological polar surface area (TPSA) is 73.0 Å². The molecule has 0 aliphatic heterocycles. The van der Waals surface area contributed by atoms with Crippen LogP contribution in [0, 0.1) is 13.8 Å². The van der Waals surface area contributed by atoms with Crippen molar-refractivity contribution in [1.29, 1.82) is 0 Å². The Hall–Kier alpha value is -2.15. The Morgan fingerprint density at radius 3 is 2.76 bits per heavy atom. The van der Waals surface area contributed by atoms with Crippen molar-refractivity contribution in [1.82, 2.24) is 14.8 Å². The van der Waals surface area contributed by atoms with Crippen LogP contribution in [0.3, 0.4) is 0 Å². The van der Waals surface area contributed by atoms with Crippen molar-refractivity contribution in [3.05, 3.63) is 40.0 Å². The van der Waals surface area contributed by atoms with E-state index in [9.17, 15) is 4.79 Å². The summed E-state index contributed by atoms with van der Waals surface area (Å²) >= 11 is 3.41. The Morgan fingerprint density at radius 2 is 2.10 bits per heavy atom. The number of halogens is 1. The maximum absolute atomic E-state index is 12.4. The Labute approximate surface area is 129 Å². The SMILES string of the molecule is Cc1cc(C(=O)Nc2cc(Br)cc3nc(C)oc23)n(C)n1. The molecule has 0 spiro atoms. The van der Waals surface area contributed by atoms with E-state index in [0.29, 0.717) is 28.4 Å². The van der Waals surface area contributed by atoms with Crippen molar-refractivity contribution in [2.24, 2.45) is 7.05 Å². The molecule has 0 radical (unpaired) electrons. The zero-order chi connectivity index (χ0) is 15.1. The number of benzene rings is 1. The first-order valence-corrected chi connectivity index (χ1v) is 7.12. The molecule has 1 amide bonds. The van der Waals surface area contributed by atoms with E-state index in [-0.39, 0.29) is 5.91 Å². The van der Waals surface area contributed by atoms with Crippen molar-refractivity contribution in [3.8, 4) is 0 Å². The fourth-order valence-corrected chi connectivity index (χ4v) is 2.66. The predicted molar refractivity (Wildman–Crippen MR) is 82.3 cm³/mol. The number of anilines is 1. The summed E-state index contributed by atoms with van der Waals surface area (Å²) in [4.78, 5) is 16.6. The number of nitrogens with zero attached hydrogens (tertiary/aromatic N) is 3. The largest absolute Gasteiger partial charge is 0.439 e. The molecule has 0 fully saturated rings. The normalized spacial score (nSPS) is 11.0. The van der Waals surface area contributed by atoms with Gasteiger partial charge < -0.3 is 9.73 Å². The third-order valence-corrected chi connectivity index (χ3v) is 3.50. The van der Waals surface area contributed by atoms with Gasteiger partial charge in [0.1, 0.15) is 11.2 Å². The number of carbonyl (C=O) groups excluding carboxylic acids is 1. The van der Waals surface area contributed by atoms with E-state index in [1.165, 1.54) is 0 Å². The quantitative estimate of drug-likeness (QED) is 0.771. The molecule has 3 rings (SSSR count). The molecule has 21 heavy (non-hydrogen) atoms. The standard InChI is InChI=1S/C14H13BrN4O2/c1-7-4-12(19(3)18-7)14(20)17-11-6-9(15)5-10-13(11)21-8(2)16-10/h4-6H,1-3H3,(H,17,20). The van der Waals surface area contributed by atoms with Gasteiger partial charge in [0.15, 0.2) is 11.5 Å². The minimum absolute atomic E-state index is 0.244. The molecule has 1 N–H and O–H groups in total. The van der Waals surface area contributed by atoms with Crippen LogP contribution >= 0.6 is 15.9 Å². The van der Waals surface area contributed by atoms with Crippen LogP contribution in [-0.2, 0) is 7.05 Å². The molecule has 0 saturated carbocycles. The second-order valence-corrected chi connectivity index (χ2v) is 5.70. The minimum atomic E-state index is -0.244. The molecule has 0 aliphatic carbocycles. The zero-order valence-electron chi connectivity index (χ0n) is 11.8. The zero-order valence-corrected chi connectivity index (χ0v) is 13.4. The lowest BCUT2D eigenvalue weighted by Crippen LogP contribution is -2.16. The third-order valence-electron chi connectivity index (χ3n) is 3.04. The first kappa shape index (κ1) is 13.8. The van der Waals surface area contributed by atoms with Crippen LogP contribution in [0.15, 0.2) is 27.1 Å². The molecule has 0 bridgehead atoms. The fraction of sp³-hybridized carbons (Fsp3) is 0.214. The Bertz CT molecular complexity index is 850. The fourth-order valence-electron chi connectivity index (χ4n) is 2.21. The van der Waals surface area contributed by atoms with Gasteiger partial charge in [0, 0.05) is 18.4 Å². The van der Waals surface area contributed by atoms with E-state index in [0.717, 1.165) is 10.2 Å². The second kappa shape index (κ2) is 5.00. The molecular formula is C14H13BrN4O2. The molecule has 1 aromatic carbocycles. The number of rotatable bonds is 2. The molecule has 6 nitrogen and oxygen atoms in total. The van der Waals surface area contributed by atoms with Crippen LogP contribution in [0.2, 0.25) is 0 Å². The highest BCUT2D eigenvalue weighted by atomic mass is 79.9. The lowest BCUT2D eigenvalue weighted by Gasteiger charge is -2.06. The minimum Gasteiger partial charge on any atom is -0.439 e. The Kier molecular flexibility index (Phi) is 3.29. The Balaban J connectivity index is 2.01. The summed E-state index contributed by atoms with van der Waals surface area (Å²) in [6.45, 7) is 3.61. The summed E-state index contributed by atoms with van der Waals surface area (Å²) in [6, 6.07) is 5.36. The monoisotopic (exact) mass is 348 g/mol. The maximum Gasteiger partial charge on any atom is 0.274 e. The van der Waals surface area contributed by atoms with Gasteiger partial charge in [-0.05, 0) is 25.1 Å². The third kappa shape index (κ3) is 2.56. The summed E-state index contributed by atoms with van der Waals surface area (Å²) in [7, 11) is 1.73. The smallest absolute Gasteiger partial charge is 0.274 e. The summed E-state index contributed by atoms with van der Waals surface area (Å²) in [5.41, 5.74) is 3.10. The van der Waals surface area contributed by atoms with E-state index in [4.69, 9.17) is 4.42 Å². The van der Waals surface area contributed by atoms with Crippen LogP contribution in [0.5, 0.6) is 0 Å². The Morgan fingerprint density at radius 1 is 1.33 bits per heavy atom. The number of aryl methyl sites for hydroxylation is 3. The molecule has 0 unspecified atom stereocenters. The average molecular weight is 349 g/mol. The second-order valence-electron chi connectivity index (χ2n) is 4.78. The highest BCUT2D eigenvalue weighted by molar-refractivity contribution is 9.10. The van der Waals surface area contributed by atoms with E-state index >= 15 is 0 Å². The van der Waals surface area contributed by atoms with Gasteiger partial charge >= 0.3 is 0 Å². The van der Waals surface area contributed by atoms with Crippen LogP contribution in [0.4, 0.5) is 5.69 Å². The number of nitrogens with one attached hydrogen (secondary N) is 1. The lowest BCUT2D eigenvalue weighted by molar-refractivity contribution is 0.101. The van der Waals surface area contributed by atoms with E-state index < -0.39 is 0 Å². The molecular weight excluding hydrogens is 336 g/mol. The van der Waals surface area contributed by atoms with Crippen molar-refractivity contribution >= 4 is 38.6 Å². The molecule has 2 heterocycles. The summed E-state index contributed by atoms with van der Waals surface area (Å²) in [5, 5.41) is 7.01. The number of amides is 1. The summed E-state index contributed by atoms with van der Waals surface area (Å²) in [5.74, 6) is 0.307. The number of aromatic nitrogens is 3. The van der Waals surface area contributed by atoms with E-state index in [2.05, 4.69) is 31.3 Å². The van der Waals surface area contributed by atoms with Crippen LogP contribution in [0.25, 0.3) is 11.1 Å². The van der Waals surface area contributed by atoms with Crippen molar-refractivity contribution in [3.63, 3.8) is 0 Å².